The number of aromatic nitrogens is 1. The molecule has 4 aromatic rings. The Kier molecular flexibility index (Phi) is 5.82. The molecule has 1 heterocycles. The van der Waals surface area contributed by atoms with E-state index in [-0.39, 0.29) is 29.6 Å². The van der Waals surface area contributed by atoms with Crippen LogP contribution >= 0.6 is 0 Å². The molecule has 0 saturated heterocycles. The number of carbonyl (C=O) groups is 2. The Labute approximate surface area is 200 Å². The molecule has 1 aromatic heterocycles. The number of benzene rings is 3. The number of rotatable bonds is 4. The molecule has 0 fully saturated rings. The summed E-state index contributed by atoms with van der Waals surface area (Å²) in [5.74, 6) is -0.278. The van der Waals surface area contributed by atoms with Gasteiger partial charge in [0.2, 0.25) is 0 Å². The summed E-state index contributed by atoms with van der Waals surface area (Å²) in [6.07, 6.45) is 0.232. The topological polar surface area (TPSA) is 48.3 Å². The normalized spacial score (nSPS) is 19.6. The molecule has 4 nitrogen and oxygen atoms in total. The lowest BCUT2D eigenvalue weighted by Gasteiger charge is -2.38. The first-order valence-corrected chi connectivity index (χ1v) is 11.9. The molecule has 3 atom stereocenters. The van der Waals surface area contributed by atoms with Crippen LogP contribution in [0.15, 0.2) is 78.9 Å². The van der Waals surface area contributed by atoms with Crippen LogP contribution in [0.25, 0.3) is 10.9 Å². The molecule has 4 heteroatoms. The number of hydrogen-bond acceptors (Lipinski definition) is 3. The average Bonchev–Trinajstić information content (AvgIpc) is 3.18. The molecule has 1 aliphatic rings. The van der Waals surface area contributed by atoms with Crippen LogP contribution in [0.4, 0.5) is 4.79 Å². The molecule has 0 aliphatic heterocycles. The van der Waals surface area contributed by atoms with Crippen LogP contribution in [0, 0.1) is 12.8 Å². The Morgan fingerprint density at radius 1 is 0.912 bits per heavy atom. The van der Waals surface area contributed by atoms with Crippen LogP contribution in [0.1, 0.15) is 53.6 Å². The number of ketones is 1. The molecule has 0 amide bonds. The number of carbonyl (C=O) groups excluding carboxylic acids is 2. The fourth-order valence-electron chi connectivity index (χ4n) is 5.70. The molecule has 0 spiro atoms. The summed E-state index contributed by atoms with van der Waals surface area (Å²) in [6.45, 7) is 5.90. The zero-order valence-electron chi connectivity index (χ0n) is 19.8. The fraction of sp³-hybridized carbons (Fsp3) is 0.267. The molecule has 0 saturated carbocycles. The Balaban J connectivity index is 1.83. The second-order valence-corrected chi connectivity index (χ2v) is 9.16. The Bertz CT molecular complexity index is 1350. The van der Waals surface area contributed by atoms with Crippen molar-refractivity contribution < 1.29 is 14.3 Å². The van der Waals surface area contributed by atoms with Gasteiger partial charge in [0.25, 0.3) is 0 Å². The summed E-state index contributed by atoms with van der Waals surface area (Å²) in [7, 11) is 0. The number of para-hydroxylation sites is 1. The minimum Gasteiger partial charge on any atom is -0.449 e. The minimum absolute atomic E-state index is 0.0479. The number of fused-ring (bicyclic) bond motifs is 3. The molecule has 0 unspecified atom stereocenters. The minimum atomic E-state index is -0.365. The first-order chi connectivity index (χ1) is 16.5. The van der Waals surface area contributed by atoms with Gasteiger partial charge in [0.15, 0.2) is 0 Å². The maximum Gasteiger partial charge on any atom is 0.418 e. The molecule has 0 bridgehead atoms. The van der Waals surface area contributed by atoms with E-state index in [0.717, 1.165) is 33.3 Å². The molecular weight excluding hydrogens is 422 g/mol. The SMILES string of the molecule is CCOC(=O)n1c2c(c3ccccc31)[C@@H](c1ccccc1)[C@H](C(C)=O)[C@@H](c1ccc(C)cc1)C2. The lowest BCUT2D eigenvalue weighted by Crippen LogP contribution is -2.35. The van der Waals surface area contributed by atoms with E-state index in [1.807, 2.05) is 43.3 Å². The zero-order chi connectivity index (χ0) is 23.8. The van der Waals surface area contributed by atoms with Crippen LogP contribution in [0.3, 0.4) is 0 Å². The third kappa shape index (κ3) is 3.63. The maximum absolute atomic E-state index is 13.3. The third-order valence-electron chi connectivity index (χ3n) is 7.12. The lowest BCUT2D eigenvalue weighted by atomic mass is 9.64. The smallest absolute Gasteiger partial charge is 0.418 e. The second kappa shape index (κ2) is 8.94. The van der Waals surface area contributed by atoms with Crippen molar-refractivity contribution in [2.24, 2.45) is 5.92 Å². The number of aryl methyl sites for hydroxylation is 1. The highest BCUT2D eigenvalue weighted by atomic mass is 16.5. The van der Waals surface area contributed by atoms with E-state index >= 15 is 0 Å². The quantitative estimate of drug-likeness (QED) is 0.350. The monoisotopic (exact) mass is 451 g/mol. The van der Waals surface area contributed by atoms with Gasteiger partial charge in [0, 0.05) is 22.9 Å². The van der Waals surface area contributed by atoms with Crippen molar-refractivity contribution in [3.63, 3.8) is 0 Å². The zero-order valence-corrected chi connectivity index (χ0v) is 19.8. The summed E-state index contributed by atoms with van der Waals surface area (Å²) in [6, 6.07) is 26.6. The van der Waals surface area contributed by atoms with E-state index in [9.17, 15) is 9.59 Å². The van der Waals surface area contributed by atoms with Gasteiger partial charge in [-0.25, -0.2) is 9.36 Å². The first-order valence-electron chi connectivity index (χ1n) is 11.9. The van der Waals surface area contributed by atoms with Crippen molar-refractivity contribution in [1.29, 1.82) is 0 Å². The fourth-order valence-corrected chi connectivity index (χ4v) is 5.70. The highest BCUT2D eigenvalue weighted by Crippen LogP contribution is 2.51. The molecule has 0 radical (unpaired) electrons. The predicted molar refractivity (Wildman–Crippen MR) is 134 cm³/mol. The van der Waals surface area contributed by atoms with Crippen LogP contribution in [0.2, 0.25) is 0 Å². The largest absolute Gasteiger partial charge is 0.449 e. The van der Waals surface area contributed by atoms with Crippen molar-refractivity contribution in [3.8, 4) is 0 Å². The van der Waals surface area contributed by atoms with Crippen molar-refractivity contribution in [2.75, 3.05) is 6.61 Å². The van der Waals surface area contributed by atoms with Gasteiger partial charge in [-0.3, -0.25) is 4.79 Å². The highest BCUT2D eigenvalue weighted by Gasteiger charge is 2.44. The van der Waals surface area contributed by atoms with Crippen molar-refractivity contribution in [2.45, 2.75) is 39.0 Å². The number of hydrogen-bond donors (Lipinski definition) is 0. The molecule has 3 aromatic carbocycles. The van der Waals surface area contributed by atoms with E-state index in [1.54, 1.807) is 11.5 Å². The van der Waals surface area contributed by atoms with E-state index in [0.29, 0.717) is 13.0 Å². The molecule has 172 valence electrons. The van der Waals surface area contributed by atoms with Gasteiger partial charge in [0.05, 0.1) is 12.1 Å². The van der Waals surface area contributed by atoms with E-state index < -0.39 is 0 Å². The molecule has 0 N–H and O–H groups in total. The summed E-state index contributed by atoms with van der Waals surface area (Å²) in [5, 5.41) is 1.01. The molecule has 5 rings (SSSR count). The van der Waals surface area contributed by atoms with Gasteiger partial charge in [-0.05, 0) is 55.9 Å². The Morgan fingerprint density at radius 3 is 2.26 bits per heavy atom. The summed E-state index contributed by atoms with van der Waals surface area (Å²) < 4.78 is 7.23. The van der Waals surface area contributed by atoms with Gasteiger partial charge < -0.3 is 4.74 Å². The summed E-state index contributed by atoms with van der Waals surface area (Å²) >= 11 is 0. The van der Waals surface area contributed by atoms with Crippen LogP contribution < -0.4 is 0 Å². The predicted octanol–water partition coefficient (Wildman–Crippen LogP) is 6.63. The van der Waals surface area contributed by atoms with Crippen molar-refractivity contribution >= 4 is 22.8 Å². The average molecular weight is 452 g/mol. The van der Waals surface area contributed by atoms with Crippen LogP contribution in [0.5, 0.6) is 0 Å². The lowest BCUT2D eigenvalue weighted by molar-refractivity contribution is -0.122. The van der Waals surface area contributed by atoms with Crippen molar-refractivity contribution in [1.82, 2.24) is 4.57 Å². The first kappa shape index (κ1) is 22.1. The van der Waals surface area contributed by atoms with Gasteiger partial charge in [-0.15, -0.1) is 0 Å². The second-order valence-electron chi connectivity index (χ2n) is 9.16. The van der Waals surface area contributed by atoms with Gasteiger partial charge in [-0.1, -0.05) is 78.4 Å². The van der Waals surface area contributed by atoms with Crippen molar-refractivity contribution in [3.05, 3.63) is 107 Å². The molecule has 1 aliphatic carbocycles. The van der Waals surface area contributed by atoms with Crippen LogP contribution in [-0.4, -0.2) is 23.1 Å². The van der Waals surface area contributed by atoms with E-state index in [2.05, 4.69) is 49.4 Å². The Morgan fingerprint density at radius 2 is 1.59 bits per heavy atom. The standard InChI is InChI=1S/C30H29NO3/c1-4-34-30(33)31-25-13-9-8-12-23(25)29-26(31)18-24(21-16-14-19(2)15-17-21)27(20(3)32)28(29)22-10-6-5-7-11-22/h5-17,24,27-28H,4,18H2,1-3H3/t24-,27-,28+/m1/s1. The van der Waals surface area contributed by atoms with Crippen LogP contribution in [-0.2, 0) is 16.0 Å². The molecule has 34 heavy (non-hydrogen) atoms. The summed E-state index contributed by atoms with van der Waals surface area (Å²) in [5.41, 5.74) is 6.24. The maximum atomic E-state index is 13.3. The van der Waals surface area contributed by atoms with E-state index in [4.69, 9.17) is 4.74 Å². The number of Topliss-reactive ketones (excluding diaryl/α,β-unsaturated/α-hetero) is 1. The van der Waals surface area contributed by atoms with Gasteiger partial charge in [0.1, 0.15) is 5.78 Å². The summed E-state index contributed by atoms with van der Waals surface area (Å²) in [4.78, 5) is 26.5. The highest BCUT2D eigenvalue weighted by molar-refractivity contribution is 5.96. The molecular formula is C30H29NO3. The number of nitrogens with zero attached hydrogens (tertiary/aromatic N) is 1. The number of ether oxygens (including phenoxy) is 1. The third-order valence-corrected chi connectivity index (χ3v) is 7.12. The van der Waals surface area contributed by atoms with Gasteiger partial charge in [-0.2, -0.15) is 0 Å². The van der Waals surface area contributed by atoms with E-state index in [1.165, 1.54) is 5.56 Å². The Hall–Kier alpha value is -3.66. The van der Waals surface area contributed by atoms with Gasteiger partial charge >= 0.3 is 6.09 Å².